The first kappa shape index (κ1) is 15.4. The summed E-state index contributed by atoms with van der Waals surface area (Å²) in [6.45, 7) is 1.99. The molecule has 1 rings (SSSR count). The standard InChI is InChI=1S/C13H27N3O2/c1-14-13(12(17)18)7-5-6-11(10-13)16(4)9-8-15(2)3/h11,14H,5-10H2,1-4H3,(H,17,18). The van der Waals surface area contributed by atoms with Gasteiger partial charge >= 0.3 is 5.97 Å². The maximum absolute atomic E-state index is 11.5. The number of nitrogens with one attached hydrogen (secondary N) is 1. The Balaban J connectivity index is 2.59. The van der Waals surface area contributed by atoms with E-state index in [9.17, 15) is 9.90 Å². The van der Waals surface area contributed by atoms with Crippen LogP contribution in [0.25, 0.3) is 0 Å². The van der Waals surface area contributed by atoms with Crippen LogP contribution in [0.4, 0.5) is 0 Å². The number of carboxylic acid groups (broad SMARTS) is 1. The third-order valence-corrected chi connectivity index (χ3v) is 4.14. The molecule has 0 aromatic heterocycles. The van der Waals surface area contributed by atoms with Crippen LogP contribution in [-0.2, 0) is 4.79 Å². The molecule has 0 aromatic carbocycles. The van der Waals surface area contributed by atoms with E-state index in [0.29, 0.717) is 12.5 Å². The Morgan fingerprint density at radius 1 is 1.39 bits per heavy atom. The summed E-state index contributed by atoms with van der Waals surface area (Å²) in [4.78, 5) is 15.9. The zero-order valence-corrected chi connectivity index (χ0v) is 12.1. The fourth-order valence-corrected chi connectivity index (χ4v) is 2.69. The van der Waals surface area contributed by atoms with E-state index in [1.165, 1.54) is 0 Å². The van der Waals surface area contributed by atoms with Gasteiger partial charge in [0.15, 0.2) is 0 Å². The summed E-state index contributed by atoms with van der Waals surface area (Å²) >= 11 is 0. The topological polar surface area (TPSA) is 55.8 Å². The normalized spacial score (nSPS) is 28.9. The van der Waals surface area contributed by atoms with E-state index >= 15 is 0 Å². The zero-order valence-electron chi connectivity index (χ0n) is 12.1. The molecule has 1 aliphatic carbocycles. The molecule has 0 aromatic rings. The molecular formula is C13H27N3O2. The zero-order chi connectivity index (χ0) is 13.8. The Bertz CT molecular complexity index is 283. The highest BCUT2D eigenvalue weighted by molar-refractivity contribution is 5.79. The van der Waals surface area contributed by atoms with Gasteiger partial charge in [-0.15, -0.1) is 0 Å². The van der Waals surface area contributed by atoms with Crippen molar-refractivity contribution in [3.63, 3.8) is 0 Å². The van der Waals surface area contributed by atoms with Gasteiger partial charge in [0.05, 0.1) is 0 Å². The average molecular weight is 257 g/mol. The second kappa shape index (κ2) is 6.50. The van der Waals surface area contributed by atoms with Crippen LogP contribution in [0, 0.1) is 0 Å². The molecule has 1 fully saturated rings. The number of hydrogen-bond acceptors (Lipinski definition) is 4. The lowest BCUT2D eigenvalue weighted by atomic mass is 9.78. The van der Waals surface area contributed by atoms with Gasteiger partial charge < -0.3 is 20.2 Å². The second-order valence-electron chi connectivity index (χ2n) is 5.67. The quantitative estimate of drug-likeness (QED) is 0.724. The summed E-state index contributed by atoms with van der Waals surface area (Å²) in [7, 11) is 7.98. The van der Waals surface area contributed by atoms with Gasteiger partial charge in [-0.3, -0.25) is 4.79 Å². The van der Waals surface area contributed by atoms with Gasteiger partial charge in [0.25, 0.3) is 0 Å². The minimum Gasteiger partial charge on any atom is -0.480 e. The monoisotopic (exact) mass is 257 g/mol. The molecular weight excluding hydrogens is 230 g/mol. The Morgan fingerprint density at radius 3 is 2.56 bits per heavy atom. The highest BCUT2D eigenvalue weighted by Crippen LogP contribution is 2.30. The number of carboxylic acids is 1. The van der Waals surface area contributed by atoms with E-state index in [1.807, 2.05) is 0 Å². The molecule has 0 spiro atoms. The van der Waals surface area contributed by atoms with E-state index in [4.69, 9.17) is 0 Å². The van der Waals surface area contributed by atoms with Crippen LogP contribution >= 0.6 is 0 Å². The molecule has 2 unspecified atom stereocenters. The molecule has 0 radical (unpaired) electrons. The van der Waals surface area contributed by atoms with Gasteiger partial charge in [0, 0.05) is 19.1 Å². The van der Waals surface area contributed by atoms with Crippen LogP contribution in [0.3, 0.4) is 0 Å². The first-order chi connectivity index (χ1) is 8.41. The third kappa shape index (κ3) is 3.67. The predicted molar refractivity (Wildman–Crippen MR) is 72.9 cm³/mol. The fourth-order valence-electron chi connectivity index (χ4n) is 2.69. The van der Waals surface area contributed by atoms with Gasteiger partial charge in [0.1, 0.15) is 5.54 Å². The molecule has 1 aliphatic rings. The molecule has 0 amide bonds. The molecule has 106 valence electrons. The SMILES string of the molecule is CNC1(C(=O)O)CCCC(N(C)CCN(C)C)C1. The van der Waals surface area contributed by atoms with Gasteiger partial charge in [0.2, 0.25) is 0 Å². The fraction of sp³-hybridized carbons (Fsp3) is 0.923. The summed E-state index contributed by atoms with van der Waals surface area (Å²) in [5, 5.41) is 12.4. The number of carbonyl (C=O) groups is 1. The Labute approximate surface area is 110 Å². The molecule has 18 heavy (non-hydrogen) atoms. The molecule has 2 N–H and O–H groups in total. The van der Waals surface area contributed by atoms with Gasteiger partial charge in [-0.05, 0) is 53.9 Å². The molecule has 0 aliphatic heterocycles. The van der Waals surface area contributed by atoms with E-state index in [1.54, 1.807) is 7.05 Å². The first-order valence-electron chi connectivity index (χ1n) is 6.68. The van der Waals surface area contributed by atoms with Crippen molar-refractivity contribution < 1.29 is 9.90 Å². The summed E-state index contributed by atoms with van der Waals surface area (Å²) in [6, 6.07) is 0.363. The lowest BCUT2D eigenvalue weighted by Crippen LogP contribution is -2.57. The maximum atomic E-state index is 11.5. The van der Waals surface area contributed by atoms with Crippen molar-refractivity contribution in [1.29, 1.82) is 0 Å². The largest absolute Gasteiger partial charge is 0.480 e. The Kier molecular flexibility index (Phi) is 5.56. The van der Waals surface area contributed by atoms with Crippen molar-refractivity contribution in [3.05, 3.63) is 0 Å². The maximum Gasteiger partial charge on any atom is 0.323 e. The molecule has 0 heterocycles. The number of hydrogen-bond donors (Lipinski definition) is 2. The summed E-state index contributed by atoms with van der Waals surface area (Å²) < 4.78 is 0. The lowest BCUT2D eigenvalue weighted by molar-refractivity contribution is -0.147. The molecule has 2 atom stereocenters. The van der Waals surface area contributed by atoms with Crippen LogP contribution < -0.4 is 5.32 Å². The van der Waals surface area contributed by atoms with Crippen molar-refractivity contribution in [1.82, 2.24) is 15.1 Å². The van der Waals surface area contributed by atoms with Crippen molar-refractivity contribution in [2.45, 2.75) is 37.3 Å². The van der Waals surface area contributed by atoms with Gasteiger partial charge in [-0.1, -0.05) is 0 Å². The Hall–Kier alpha value is -0.650. The second-order valence-corrected chi connectivity index (χ2v) is 5.67. The number of likely N-dealkylation sites (N-methyl/N-ethyl adjacent to an activating group) is 3. The summed E-state index contributed by atoms with van der Waals surface area (Å²) in [6.07, 6.45) is 3.50. The number of nitrogens with zero attached hydrogens (tertiary/aromatic N) is 2. The number of rotatable bonds is 6. The van der Waals surface area contributed by atoms with Crippen LogP contribution in [-0.4, -0.2) is 73.7 Å². The van der Waals surface area contributed by atoms with E-state index in [0.717, 1.165) is 32.4 Å². The summed E-state index contributed by atoms with van der Waals surface area (Å²) in [5.74, 6) is -0.712. The smallest absolute Gasteiger partial charge is 0.323 e. The lowest BCUT2D eigenvalue weighted by Gasteiger charge is -2.41. The van der Waals surface area contributed by atoms with Crippen molar-refractivity contribution in [3.8, 4) is 0 Å². The molecule has 5 nitrogen and oxygen atoms in total. The van der Waals surface area contributed by atoms with E-state index < -0.39 is 11.5 Å². The Morgan fingerprint density at radius 2 is 2.06 bits per heavy atom. The molecule has 0 bridgehead atoms. The van der Waals surface area contributed by atoms with E-state index in [-0.39, 0.29) is 0 Å². The van der Waals surface area contributed by atoms with Crippen LogP contribution in [0.15, 0.2) is 0 Å². The molecule has 0 saturated heterocycles. The minimum absolute atomic E-state index is 0.363. The third-order valence-electron chi connectivity index (χ3n) is 4.14. The van der Waals surface area contributed by atoms with E-state index in [2.05, 4.69) is 36.3 Å². The number of aliphatic carboxylic acids is 1. The highest BCUT2D eigenvalue weighted by atomic mass is 16.4. The minimum atomic E-state index is -0.727. The molecule has 5 heteroatoms. The molecule has 1 saturated carbocycles. The van der Waals surface area contributed by atoms with Crippen molar-refractivity contribution in [2.24, 2.45) is 0 Å². The highest BCUT2D eigenvalue weighted by Gasteiger charge is 2.42. The first-order valence-corrected chi connectivity index (χ1v) is 6.68. The van der Waals surface area contributed by atoms with Crippen molar-refractivity contribution in [2.75, 3.05) is 41.3 Å². The predicted octanol–water partition coefficient (Wildman–Crippen LogP) is 0.465. The van der Waals surface area contributed by atoms with Gasteiger partial charge in [-0.2, -0.15) is 0 Å². The summed E-state index contributed by atoms with van der Waals surface area (Å²) in [5.41, 5.74) is -0.727. The average Bonchev–Trinajstić information content (AvgIpc) is 2.35. The van der Waals surface area contributed by atoms with Crippen LogP contribution in [0.2, 0.25) is 0 Å². The van der Waals surface area contributed by atoms with Crippen molar-refractivity contribution >= 4 is 5.97 Å². The van der Waals surface area contributed by atoms with Gasteiger partial charge in [-0.25, -0.2) is 0 Å². The van der Waals surface area contributed by atoms with Crippen LogP contribution in [0.5, 0.6) is 0 Å². The van der Waals surface area contributed by atoms with Crippen LogP contribution in [0.1, 0.15) is 25.7 Å².